The van der Waals surface area contributed by atoms with E-state index in [1.807, 2.05) is 23.2 Å². The molecule has 1 amide bonds. The number of rotatable bonds is 3. The maximum absolute atomic E-state index is 13.1. The number of aryl methyl sites for hydroxylation is 2. The van der Waals surface area contributed by atoms with Gasteiger partial charge in [0.05, 0.1) is 6.42 Å². The third-order valence-electron chi connectivity index (χ3n) is 5.00. The number of fused-ring (bicyclic) bond motifs is 2. The van der Waals surface area contributed by atoms with Gasteiger partial charge in [-0.2, -0.15) is 0 Å². The number of amides is 1. The molecule has 0 bridgehead atoms. The fourth-order valence-electron chi connectivity index (χ4n) is 3.80. The van der Waals surface area contributed by atoms with Crippen molar-refractivity contribution in [1.29, 1.82) is 0 Å². The number of hydrogen-bond donors (Lipinski definition) is 1. The SMILES string of the molecule is CCc1cccc2c1N(C(=O)Cc1c[nH]c3ccccc13)CCC2. The minimum Gasteiger partial charge on any atom is -0.361 e. The van der Waals surface area contributed by atoms with Gasteiger partial charge in [-0.25, -0.2) is 0 Å². The highest BCUT2D eigenvalue weighted by Crippen LogP contribution is 2.32. The number of aromatic nitrogens is 1. The van der Waals surface area contributed by atoms with Crippen LogP contribution in [0.3, 0.4) is 0 Å². The van der Waals surface area contributed by atoms with Crippen LogP contribution in [0.5, 0.6) is 0 Å². The minimum atomic E-state index is 0.196. The van der Waals surface area contributed by atoms with Crippen molar-refractivity contribution in [2.45, 2.75) is 32.6 Å². The van der Waals surface area contributed by atoms with Gasteiger partial charge in [-0.15, -0.1) is 0 Å². The Labute approximate surface area is 142 Å². The lowest BCUT2D eigenvalue weighted by Crippen LogP contribution is -2.37. The maximum Gasteiger partial charge on any atom is 0.231 e. The predicted octanol–water partition coefficient (Wildman–Crippen LogP) is 4.25. The molecule has 1 aromatic heterocycles. The van der Waals surface area contributed by atoms with Crippen LogP contribution in [0.15, 0.2) is 48.7 Å². The summed E-state index contributed by atoms with van der Waals surface area (Å²) in [6.07, 6.45) is 5.49. The standard InChI is InChI=1S/C21H22N2O/c1-2-15-7-5-8-16-9-6-12-23(21(15)16)20(24)13-17-14-22-19-11-4-3-10-18(17)19/h3-5,7-8,10-11,14,22H,2,6,9,12-13H2,1H3. The van der Waals surface area contributed by atoms with Gasteiger partial charge in [-0.05, 0) is 42.0 Å². The fraction of sp³-hybridized carbons (Fsp3) is 0.286. The molecule has 0 saturated heterocycles. The molecular formula is C21H22N2O. The first kappa shape index (κ1) is 15.0. The molecule has 0 radical (unpaired) electrons. The molecule has 3 heteroatoms. The van der Waals surface area contributed by atoms with Crippen LogP contribution >= 0.6 is 0 Å². The Kier molecular flexibility index (Phi) is 3.85. The summed E-state index contributed by atoms with van der Waals surface area (Å²) < 4.78 is 0. The van der Waals surface area contributed by atoms with E-state index in [1.165, 1.54) is 11.1 Å². The van der Waals surface area contributed by atoms with Gasteiger partial charge in [-0.1, -0.05) is 43.3 Å². The number of carbonyl (C=O) groups excluding carboxylic acids is 1. The molecule has 0 aliphatic carbocycles. The molecule has 1 N–H and O–H groups in total. The van der Waals surface area contributed by atoms with Gasteiger partial charge in [0.1, 0.15) is 0 Å². The minimum absolute atomic E-state index is 0.196. The number of carbonyl (C=O) groups is 1. The summed E-state index contributed by atoms with van der Waals surface area (Å²) in [5.74, 6) is 0.196. The Balaban J connectivity index is 1.67. The molecule has 2 aromatic carbocycles. The number of hydrogen-bond acceptors (Lipinski definition) is 1. The zero-order chi connectivity index (χ0) is 16.5. The van der Waals surface area contributed by atoms with E-state index in [0.717, 1.165) is 48.0 Å². The molecule has 3 aromatic rings. The van der Waals surface area contributed by atoms with Gasteiger partial charge in [0, 0.05) is 29.3 Å². The molecule has 4 rings (SSSR count). The van der Waals surface area contributed by atoms with Crippen molar-refractivity contribution in [3.63, 3.8) is 0 Å². The highest BCUT2D eigenvalue weighted by atomic mass is 16.2. The van der Waals surface area contributed by atoms with Crippen molar-refractivity contribution in [1.82, 2.24) is 4.98 Å². The highest BCUT2D eigenvalue weighted by molar-refractivity contribution is 5.99. The number of para-hydroxylation sites is 2. The molecule has 1 aliphatic rings. The quantitative estimate of drug-likeness (QED) is 0.770. The first-order chi connectivity index (χ1) is 11.8. The third kappa shape index (κ3) is 2.50. The fourth-order valence-corrected chi connectivity index (χ4v) is 3.80. The van der Waals surface area contributed by atoms with Gasteiger partial charge in [0.2, 0.25) is 5.91 Å². The van der Waals surface area contributed by atoms with Crippen LogP contribution in [0.25, 0.3) is 10.9 Å². The van der Waals surface area contributed by atoms with E-state index in [9.17, 15) is 4.79 Å². The Bertz CT molecular complexity index is 879. The first-order valence-corrected chi connectivity index (χ1v) is 8.74. The molecule has 0 unspecified atom stereocenters. The number of aromatic amines is 1. The van der Waals surface area contributed by atoms with Crippen LogP contribution in [-0.4, -0.2) is 17.4 Å². The lowest BCUT2D eigenvalue weighted by Gasteiger charge is -2.31. The first-order valence-electron chi connectivity index (χ1n) is 8.74. The van der Waals surface area contributed by atoms with Gasteiger partial charge in [0.25, 0.3) is 0 Å². The van der Waals surface area contributed by atoms with E-state index in [1.54, 1.807) is 0 Å². The van der Waals surface area contributed by atoms with Crippen molar-refractivity contribution in [3.05, 3.63) is 65.4 Å². The molecule has 3 nitrogen and oxygen atoms in total. The summed E-state index contributed by atoms with van der Waals surface area (Å²) >= 11 is 0. The van der Waals surface area contributed by atoms with Crippen molar-refractivity contribution < 1.29 is 4.79 Å². The average molecular weight is 318 g/mol. The molecule has 24 heavy (non-hydrogen) atoms. The van der Waals surface area contributed by atoms with E-state index >= 15 is 0 Å². The van der Waals surface area contributed by atoms with Crippen molar-refractivity contribution in [3.8, 4) is 0 Å². The maximum atomic E-state index is 13.1. The smallest absolute Gasteiger partial charge is 0.231 e. The Morgan fingerprint density at radius 3 is 2.88 bits per heavy atom. The Morgan fingerprint density at radius 2 is 2.00 bits per heavy atom. The van der Waals surface area contributed by atoms with Gasteiger partial charge in [0.15, 0.2) is 0 Å². The number of anilines is 1. The highest BCUT2D eigenvalue weighted by Gasteiger charge is 2.25. The van der Waals surface area contributed by atoms with E-state index in [-0.39, 0.29) is 5.91 Å². The number of benzene rings is 2. The molecule has 122 valence electrons. The van der Waals surface area contributed by atoms with Gasteiger partial charge < -0.3 is 9.88 Å². The Morgan fingerprint density at radius 1 is 1.12 bits per heavy atom. The topological polar surface area (TPSA) is 36.1 Å². The van der Waals surface area contributed by atoms with Crippen LogP contribution in [-0.2, 0) is 24.1 Å². The van der Waals surface area contributed by atoms with E-state index in [4.69, 9.17) is 0 Å². The zero-order valence-corrected chi connectivity index (χ0v) is 14.0. The van der Waals surface area contributed by atoms with Gasteiger partial charge in [-0.3, -0.25) is 4.79 Å². The summed E-state index contributed by atoms with van der Waals surface area (Å²) in [5, 5.41) is 1.15. The lowest BCUT2D eigenvalue weighted by molar-refractivity contribution is -0.118. The largest absolute Gasteiger partial charge is 0.361 e. The molecule has 1 aliphatic heterocycles. The summed E-state index contributed by atoms with van der Waals surface area (Å²) in [4.78, 5) is 18.3. The summed E-state index contributed by atoms with van der Waals surface area (Å²) in [6.45, 7) is 2.98. The Hall–Kier alpha value is -2.55. The van der Waals surface area contributed by atoms with Crippen molar-refractivity contribution in [2.24, 2.45) is 0 Å². The van der Waals surface area contributed by atoms with Crippen LogP contribution < -0.4 is 4.90 Å². The molecule has 2 heterocycles. The third-order valence-corrected chi connectivity index (χ3v) is 5.00. The second-order valence-electron chi connectivity index (χ2n) is 6.46. The van der Waals surface area contributed by atoms with Crippen LogP contribution in [0, 0.1) is 0 Å². The van der Waals surface area contributed by atoms with Crippen LogP contribution in [0.4, 0.5) is 5.69 Å². The van der Waals surface area contributed by atoms with E-state index < -0.39 is 0 Å². The predicted molar refractivity (Wildman–Crippen MR) is 98.5 cm³/mol. The lowest BCUT2D eigenvalue weighted by atomic mass is 9.96. The molecule has 0 saturated carbocycles. The summed E-state index contributed by atoms with van der Waals surface area (Å²) in [5.41, 5.74) is 5.92. The number of H-pyrrole nitrogens is 1. The summed E-state index contributed by atoms with van der Waals surface area (Å²) in [7, 11) is 0. The second kappa shape index (κ2) is 6.16. The number of nitrogens with one attached hydrogen (secondary N) is 1. The van der Waals surface area contributed by atoms with E-state index in [2.05, 4.69) is 42.2 Å². The normalized spacial score (nSPS) is 14.0. The van der Waals surface area contributed by atoms with E-state index in [0.29, 0.717) is 6.42 Å². The molecule has 0 spiro atoms. The van der Waals surface area contributed by atoms with Gasteiger partial charge >= 0.3 is 0 Å². The van der Waals surface area contributed by atoms with Crippen LogP contribution in [0.1, 0.15) is 30.0 Å². The summed E-state index contributed by atoms with van der Waals surface area (Å²) in [6, 6.07) is 14.6. The van der Waals surface area contributed by atoms with Crippen molar-refractivity contribution >= 4 is 22.5 Å². The van der Waals surface area contributed by atoms with Crippen LogP contribution in [0.2, 0.25) is 0 Å². The molecule has 0 atom stereocenters. The molecular weight excluding hydrogens is 296 g/mol. The molecule has 0 fully saturated rings. The monoisotopic (exact) mass is 318 g/mol. The van der Waals surface area contributed by atoms with Crippen molar-refractivity contribution in [2.75, 3.05) is 11.4 Å². The number of nitrogens with zero attached hydrogens (tertiary/aromatic N) is 1. The average Bonchev–Trinajstić information content (AvgIpc) is 3.03. The zero-order valence-electron chi connectivity index (χ0n) is 14.0. The second-order valence-corrected chi connectivity index (χ2v) is 6.46.